The van der Waals surface area contributed by atoms with E-state index in [1.807, 2.05) is 13.8 Å². The first-order valence-corrected chi connectivity index (χ1v) is 5.89. The SMILES string of the molecule is CC(C)NC(=O)N(C)CCOc1ccc(F)cc1. The Morgan fingerprint density at radius 2 is 2.00 bits per heavy atom. The predicted molar refractivity (Wildman–Crippen MR) is 68.2 cm³/mol. The van der Waals surface area contributed by atoms with Crippen molar-refractivity contribution in [1.82, 2.24) is 10.2 Å². The third-order valence-electron chi connectivity index (χ3n) is 2.27. The van der Waals surface area contributed by atoms with Crippen molar-refractivity contribution in [2.45, 2.75) is 19.9 Å². The number of rotatable bonds is 5. The summed E-state index contributed by atoms with van der Waals surface area (Å²) in [5.41, 5.74) is 0. The van der Waals surface area contributed by atoms with E-state index in [0.29, 0.717) is 18.9 Å². The maximum absolute atomic E-state index is 12.6. The van der Waals surface area contributed by atoms with Gasteiger partial charge in [0.15, 0.2) is 0 Å². The van der Waals surface area contributed by atoms with E-state index in [9.17, 15) is 9.18 Å². The van der Waals surface area contributed by atoms with Gasteiger partial charge in [-0.1, -0.05) is 0 Å². The molecule has 0 saturated heterocycles. The smallest absolute Gasteiger partial charge is 0.317 e. The summed E-state index contributed by atoms with van der Waals surface area (Å²) in [4.78, 5) is 13.1. The molecule has 0 atom stereocenters. The lowest BCUT2D eigenvalue weighted by atomic mass is 10.3. The van der Waals surface area contributed by atoms with E-state index in [0.717, 1.165) is 0 Å². The van der Waals surface area contributed by atoms with Crippen LogP contribution in [0, 0.1) is 5.82 Å². The van der Waals surface area contributed by atoms with Crippen molar-refractivity contribution < 1.29 is 13.9 Å². The fourth-order valence-electron chi connectivity index (χ4n) is 1.29. The molecular formula is C13H19FN2O2. The topological polar surface area (TPSA) is 41.6 Å². The van der Waals surface area contributed by atoms with Crippen LogP contribution in [0.15, 0.2) is 24.3 Å². The predicted octanol–water partition coefficient (Wildman–Crippen LogP) is 2.25. The largest absolute Gasteiger partial charge is 0.492 e. The van der Waals surface area contributed by atoms with Crippen LogP contribution >= 0.6 is 0 Å². The normalized spacial score (nSPS) is 10.3. The summed E-state index contributed by atoms with van der Waals surface area (Å²) in [6.07, 6.45) is 0. The number of halogens is 1. The number of likely N-dealkylation sites (N-methyl/N-ethyl adjacent to an activating group) is 1. The Morgan fingerprint density at radius 1 is 1.39 bits per heavy atom. The van der Waals surface area contributed by atoms with Crippen molar-refractivity contribution >= 4 is 6.03 Å². The van der Waals surface area contributed by atoms with Crippen molar-refractivity contribution in [3.63, 3.8) is 0 Å². The van der Waals surface area contributed by atoms with Gasteiger partial charge in [0.1, 0.15) is 18.2 Å². The van der Waals surface area contributed by atoms with Gasteiger partial charge in [-0.25, -0.2) is 9.18 Å². The quantitative estimate of drug-likeness (QED) is 0.875. The van der Waals surface area contributed by atoms with Gasteiger partial charge in [-0.3, -0.25) is 0 Å². The number of carbonyl (C=O) groups excluding carboxylic acids is 1. The van der Waals surface area contributed by atoms with Gasteiger partial charge < -0.3 is 15.0 Å². The molecule has 0 unspecified atom stereocenters. The summed E-state index contributed by atoms with van der Waals surface area (Å²) < 4.78 is 18.0. The van der Waals surface area contributed by atoms with Gasteiger partial charge in [0.05, 0.1) is 6.54 Å². The highest BCUT2D eigenvalue weighted by atomic mass is 19.1. The molecular weight excluding hydrogens is 235 g/mol. The van der Waals surface area contributed by atoms with Crippen LogP contribution in [0.2, 0.25) is 0 Å². The molecule has 5 heteroatoms. The molecule has 2 amide bonds. The summed E-state index contributed by atoms with van der Waals surface area (Å²) in [6.45, 7) is 4.64. The van der Waals surface area contributed by atoms with E-state index in [2.05, 4.69) is 5.32 Å². The lowest BCUT2D eigenvalue weighted by Crippen LogP contribution is -2.42. The van der Waals surface area contributed by atoms with Crippen molar-refractivity contribution in [2.75, 3.05) is 20.2 Å². The van der Waals surface area contributed by atoms with Crippen molar-refractivity contribution in [2.24, 2.45) is 0 Å². The Hall–Kier alpha value is -1.78. The van der Waals surface area contributed by atoms with Crippen molar-refractivity contribution in [3.05, 3.63) is 30.1 Å². The standard InChI is InChI=1S/C13H19FN2O2/c1-10(2)15-13(17)16(3)8-9-18-12-6-4-11(14)5-7-12/h4-7,10H,8-9H2,1-3H3,(H,15,17). The van der Waals surface area contributed by atoms with Gasteiger partial charge in [0, 0.05) is 13.1 Å². The molecule has 1 aromatic carbocycles. The zero-order chi connectivity index (χ0) is 13.5. The van der Waals surface area contributed by atoms with Gasteiger partial charge >= 0.3 is 6.03 Å². The fourth-order valence-corrected chi connectivity index (χ4v) is 1.29. The minimum Gasteiger partial charge on any atom is -0.492 e. The first kappa shape index (κ1) is 14.3. The molecule has 0 heterocycles. The third kappa shape index (κ3) is 5.03. The van der Waals surface area contributed by atoms with E-state index in [1.54, 1.807) is 24.1 Å². The van der Waals surface area contributed by atoms with Crippen molar-refractivity contribution in [3.8, 4) is 5.75 Å². The number of nitrogens with one attached hydrogen (secondary N) is 1. The zero-order valence-electron chi connectivity index (χ0n) is 10.9. The maximum atomic E-state index is 12.6. The molecule has 1 N–H and O–H groups in total. The van der Waals surface area contributed by atoms with Crippen LogP contribution in [0.5, 0.6) is 5.75 Å². The molecule has 1 aromatic rings. The van der Waals surface area contributed by atoms with E-state index < -0.39 is 0 Å². The van der Waals surface area contributed by atoms with Gasteiger partial charge in [0.2, 0.25) is 0 Å². The highest BCUT2D eigenvalue weighted by Crippen LogP contribution is 2.10. The number of benzene rings is 1. The molecule has 18 heavy (non-hydrogen) atoms. The molecule has 0 spiro atoms. The first-order valence-electron chi connectivity index (χ1n) is 5.89. The van der Waals surface area contributed by atoms with Crippen LogP contribution in [-0.4, -0.2) is 37.2 Å². The third-order valence-corrected chi connectivity index (χ3v) is 2.27. The average molecular weight is 254 g/mol. The number of amides is 2. The molecule has 0 aromatic heterocycles. The molecule has 1 rings (SSSR count). The minimum atomic E-state index is -0.296. The molecule has 0 radical (unpaired) electrons. The van der Waals surface area contributed by atoms with Gasteiger partial charge in [-0.2, -0.15) is 0 Å². The zero-order valence-corrected chi connectivity index (χ0v) is 10.9. The minimum absolute atomic E-state index is 0.109. The van der Waals surface area contributed by atoms with Crippen LogP contribution in [0.4, 0.5) is 9.18 Å². The van der Waals surface area contributed by atoms with Gasteiger partial charge in [0.25, 0.3) is 0 Å². The van der Waals surface area contributed by atoms with Crippen LogP contribution in [0.1, 0.15) is 13.8 Å². The Balaban J connectivity index is 2.28. The average Bonchev–Trinajstić information content (AvgIpc) is 2.30. The van der Waals surface area contributed by atoms with Crippen LogP contribution in [0.25, 0.3) is 0 Å². The second-order valence-corrected chi connectivity index (χ2v) is 4.33. The number of hydrogen-bond acceptors (Lipinski definition) is 2. The highest BCUT2D eigenvalue weighted by molar-refractivity contribution is 5.74. The Morgan fingerprint density at radius 3 is 2.56 bits per heavy atom. The van der Waals surface area contributed by atoms with Gasteiger partial charge in [-0.05, 0) is 38.1 Å². The van der Waals surface area contributed by atoms with Crippen molar-refractivity contribution in [1.29, 1.82) is 0 Å². The Bertz CT molecular complexity index is 379. The number of urea groups is 1. The number of hydrogen-bond donors (Lipinski definition) is 1. The Labute approximate surface area is 107 Å². The molecule has 0 aliphatic heterocycles. The number of nitrogens with zero attached hydrogens (tertiary/aromatic N) is 1. The second-order valence-electron chi connectivity index (χ2n) is 4.33. The molecule has 0 fully saturated rings. The molecule has 0 aliphatic rings. The fraction of sp³-hybridized carbons (Fsp3) is 0.462. The molecule has 0 aliphatic carbocycles. The Kier molecular flexibility index (Phi) is 5.42. The van der Waals surface area contributed by atoms with E-state index in [-0.39, 0.29) is 17.9 Å². The molecule has 4 nitrogen and oxygen atoms in total. The van der Waals surface area contributed by atoms with E-state index in [4.69, 9.17) is 4.74 Å². The molecule has 100 valence electrons. The molecule has 0 saturated carbocycles. The summed E-state index contributed by atoms with van der Waals surface area (Å²) >= 11 is 0. The second kappa shape index (κ2) is 6.83. The highest BCUT2D eigenvalue weighted by Gasteiger charge is 2.08. The van der Waals surface area contributed by atoms with E-state index in [1.165, 1.54) is 12.1 Å². The number of ether oxygens (including phenoxy) is 1. The van der Waals surface area contributed by atoms with Crippen LogP contribution < -0.4 is 10.1 Å². The van der Waals surface area contributed by atoms with Gasteiger partial charge in [-0.15, -0.1) is 0 Å². The number of carbonyl (C=O) groups is 1. The van der Waals surface area contributed by atoms with Crippen LogP contribution in [-0.2, 0) is 0 Å². The summed E-state index contributed by atoms with van der Waals surface area (Å²) in [5, 5.41) is 2.78. The summed E-state index contributed by atoms with van der Waals surface area (Å²) in [5.74, 6) is 0.296. The lowest BCUT2D eigenvalue weighted by Gasteiger charge is -2.19. The van der Waals surface area contributed by atoms with E-state index >= 15 is 0 Å². The first-order chi connectivity index (χ1) is 8.49. The summed E-state index contributed by atoms with van der Waals surface area (Å²) in [7, 11) is 1.70. The summed E-state index contributed by atoms with van der Waals surface area (Å²) in [6, 6.07) is 5.77. The lowest BCUT2D eigenvalue weighted by molar-refractivity contribution is 0.193. The van der Waals surface area contributed by atoms with Crippen LogP contribution in [0.3, 0.4) is 0 Å². The maximum Gasteiger partial charge on any atom is 0.317 e. The monoisotopic (exact) mass is 254 g/mol. The molecule has 0 bridgehead atoms.